The minimum atomic E-state index is -0.286. The molecule has 9 heteroatoms. The van der Waals surface area contributed by atoms with Crippen LogP contribution in [0.4, 0.5) is 0 Å². The molecule has 0 aliphatic heterocycles. The molecule has 1 fully saturated rings. The molecule has 3 aromatic rings. The van der Waals surface area contributed by atoms with Crippen LogP contribution in [0.15, 0.2) is 47.1 Å². The molecule has 138 valence electrons. The Morgan fingerprint density at radius 2 is 2.11 bits per heavy atom. The van der Waals surface area contributed by atoms with Gasteiger partial charge in [-0.15, -0.1) is 0 Å². The molecule has 2 aromatic heterocycles. The number of rotatable bonds is 6. The van der Waals surface area contributed by atoms with E-state index >= 15 is 0 Å². The van der Waals surface area contributed by atoms with Gasteiger partial charge in [-0.2, -0.15) is 5.10 Å². The summed E-state index contributed by atoms with van der Waals surface area (Å²) in [5.74, 6) is 1.28. The molecule has 1 aliphatic rings. The summed E-state index contributed by atoms with van der Waals surface area (Å²) in [6, 6.07) is 11.1. The fraction of sp³-hybridized carbons (Fsp3) is 0.222. The molecule has 1 aliphatic carbocycles. The van der Waals surface area contributed by atoms with Crippen LogP contribution in [0.1, 0.15) is 35.1 Å². The summed E-state index contributed by atoms with van der Waals surface area (Å²) >= 11 is 8.64. The second-order valence-electron chi connectivity index (χ2n) is 6.14. The van der Waals surface area contributed by atoms with Gasteiger partial charge < -0.3 is 10.1 Å². The zero-order valence-electron chi connectivity index (χ0n) is 14.2. The maximum absolute atomic E-state index is 12.7. The second-order valence-corrected chi connectivity index (χ2v) is 7.44. The molecule has 1 saturated carbocycles. The fourth-order valence-corrected chi connectivity index (χ4v) is 3.25. The molecule has 7 nitrogen and oxygen atoms in total. The lowest BCUT2D eigenvalue weighted by Crippen LogP contribution is -2.25. The number of aromatic amines is 1. The minimum Gasteiger partial charge on any atom is -0.438 e. The van der Waals surface area contributed by atoms with E-state index in [1.807, 2.05) is 16.7 Å². The van der Waals surface area contributed by atoms with E-state index in [0.717, 1.165) is 23.1 Å². The van der Waals surface area contributed by atoms with Crippen molar-refractivity contribution < 1.29 is 9.53 Å². The Morgan fingerprint density at radius 1 is 1.33 bits per heavy atom. The average molecular weight is 446 g/mol. The predicted octanol–water partition coefficient (Wildman–Crippen LogP) is 4.16. The fourth-order valence-electron chi connectivity index (χ4n) is 2.69. The Labute approximate surface area is 168 Å². The Morgan fingerprint density at radius 3 is 2.85 bits per heavy atom. The third-order valence-electron chi connectivity index (χ3n) is 4.14. The SMILES string of the molecule is O=C(NCc1n[nH]c(=S)n1C1CC1)c1cccnc1Oc1ccc(Br)cc1. The summed E-state index contributed by atoms with van der Waals surface area (Å²) in [6.45, 7) is 0.273. The maximum atomic E-state index is 12.7. The smallest absolute Gasteiger partial charge is 0.257 e. The van der Waals surface area contributed by atoms with Crippen LogP contribution in [0.25, 0.3) is 0 Å². The maximum Gasteiger partial charge on any atom is 0.257 e. The van der Waals surface area contributed by atoms with Crippen LogP contribution in [0.5, 0.6) is 11.6 Å². The number of aromatic nitrogens is 4. The van der Waals surface area contributed by atoms with Crippen molar-refractivity contribution >= 4 is 34.1 Å². The van der Waals surface area contributed by atoms with Crippen LogP contribution in [0.2, 0.25) is 0 Å². The number of hydrogen-bond donors (Lipinski definition) is 2. The normalized spacial score (nSPS) is 13.4. The number of nitrogens with one attached hydrogen (secondary N) is 2. The highest BCUT2D eigenvalue weighted by Gasteiger charge is 2.27. The second kappa shape index (κ2) is 7.61. The highest BCUT2D eigenvalue weighted by atomic mass is 79.9. The standard InChI is InChI=1S/C18H16BrN5O2S/c19-11-3-7-13(8-4-11)26-17-14(2-1-9-20-17)16(25)21-10-15-22-23-18(27)24(15)12-5-6-12/h1-4,7-9,12H,5-6,10H2,(H,21,25)(H,23,27). The molecule has 2 N–H and O–H groups in total. The topological polar surface area (TPSA) is 84.8 Å². The van der Waals surface area contributed by atoms with Crippen molar-refractivity contribution in [1.29, 1.82) is 0 Å². The summed E-state index contributed by atoms with van der Waals surface area (Å²) < 4.78 is 9.28. The van der Waals surface area contributed by atoms with Gasteiger partial charge >= 0.3 is 0 Å². The van der Waals surface area contributed by atoms with E-state index < -0.39 is 0 Å². The van der Waals surface area contributed by atoms with E-state index in [4.69, 9.17) is 17.0 Å². The van der Waals surface area contributed by atoms with Crippen molar-refractivity contribution in [3.8, 4) is 11.6 Å². The lowest BCUT2D eigenvalue weighted by atomic mass is 10.2. The lowest BCUT2D eigenvalue weighted by molar-refractivity contribution is 0.0946. The molecule has 2 heterocycles. The molecule has 0 spiro atoms. The van der Waals surface area contributed by atoms with Gasteiger partial charge in [0, 0.05) is 16.7 Å². The lowest BCUT2D eigenvalue weighted by Gasteiger charge is -2.11. The molecule has 1 aromatic carbocycles. The van der Waals surface area contributed by atoms with E-state index in [-0.39, 0.29) is 18.3 Å². The van der Waals surface area contributed by atoms with Crippen molar-refractivity contribution in [3.63, 3.8) is 0 Å². The molecule has 0 bridgehead atoms. The third-order valence-corrected chi connectivity index (χ3v) is 4.96. The van der Waals surface area contributed by atoms with Gasteiger partial charge in [-0.25, -0.2) is 4.98 Å². The van der Waals surface area contributed by atoms with Gasteiger partial charge in [0.15, 0.2) is 10.6 Å². The molecule has 1 amide bonds. The highest BCUT2D eigenvalue weighted by Crippen LogP contribution is 2.35. The van der Waals surface area contributed by atoms with Crippen molar-refractivity contribution in [2.45, 2.75) is 25.4 Å². The summed E-state index contributed by atoms with van der Waals surface area (Å²) in [5.41, 5.74) is 0.354. The first-order chi connectivity index (χ1) is 13.1. The Bertz CT molecular complexity index is 1030. The molecular formula is C18H16BrN5O2S. The van der Waals surface area contributed by atoms with Gasteiger partial charge in [-0.3, -0.25) is 14.5 Å². The van der Waals surface area contributed by atoms with Gasteiger partial charge in [0.05, 0.1) is 6.54 Å². The van der Waals surface area contributed by atoms with E-state index in [9.17, 15) is 4.79 Å². The van der Waals surface area contributed by atoms with Crippen molar-refractivity contribution in [3.05, 3.63) is 63.2 Å². The molecule has 0 radical (unpaired) electrons. The monoisotopic (exact) mass is 445 g/mol. The Balaban J connectivity index is 1.49. The van der Waals surface area contributed by atoms with Gasteiger partial charge in [-0.05, 0) is 61.5 Å². The number of H-pyrrole nitrogens is 1. The van der Waals surface area contributed by atoms with Crippen molar-refractivity contribution in [2.24, 2.45) is 0 Å². The minimum absolute atomic E-state index is 0.248. The number of pyridine rings is 1. The first-order valence-electron chi connectivity index (χ1n) is 8.44. The van der Waals surface area contributed by atoms with Gasteiger partial charge in [0.1, 0.15) is 11.3 Å². The largest absolute Gasteiger partial charge is 0.438 e. The predicted molar refractivity (Wildman–Crippen MR) is 105 cm³/mol. The average Bonchev–Trinajstić information content (AvgIpc) is 3.44. The van der Waals surface area contributed by atoms with Gasteiger partial charge in [-0.1, -0.05) is 15.9 Å². The van der Waals surface area contributed by atoms with Gasteiger partial charge in [0.25, 0.3) is 5.91 Å². The summed E-state index contributed by atoms with van der Waals surface area (Å²) in [5, 5.41) is 9.89. The summed E-state index contributed by atoms with van der Waals surface area (Å²) in [4.78, 5) is 16.9. The number of ether oxygens (including phenoxy) is 1. The molecule has 0 saturated heterocycles. The van der Waals surface area contributed by atoms with E-state index in [1.54, 1.807) is 30.5 Å². The van der Waals surface area contributed by atoms with Crippen LogP contribution in [-0.2, 0) is 6.54 Å². The molecule has 0 unspecified atom stereocenters. The highest BCUT2D eigenvalue weighted by molar-refractivity contribution is 9.10. The number of benzene rings is 1. The number of hydrogen-bond acceptors (Lipinski definition) is 5. The third kappa shape index (κ3) is 4.09. The number of carbonyl (C=O) groups excluding carboxylic acids is 1. The summed E-state index contributed by atoms with van der Waals surface area (Å²) in [6.07, 6.45) is 3.76. The summed E-state index contributed by atoms with van der Waals surface area (Å²) in [7, 11) is 0. The number of halogens is 1. The zero-order chi connectivity index (χ0) is 18.8. The Hall–Kier alpha value is -2.52. The van der Waals surface area contributed by atoms with E-state index in [0.29, 0.717) is 22.1 Å². The van der Waals surface area contributed by atoms with Crippen molar-refractivity contribution in [2.75, 3.05) is 0 Å². The van der Waals surface area contributed by atoms with Crippen LogP contribution >= 0.6 is 28.1 Å². The van der Waals surface area contributed by atoms with Crippen LogP contribution in [0, 0.1) is 4.77 Å². The van der Waals surface area contributed by atoms with E-state index in [2.05, 4.69) is 36.4 Å². The first-order valence-corrected chi connectivity index (χ1v) is 9.64. The van der Waals surface area contributed by atoms with Crippen LogP contribution < -0.4 is 10.1 Å². The number of amides is 1. The molecule has 0 atom stereocenters. The van der Waals surface area contributed by atoms with E-state index in [1.165, 1.54) is 0 Å². The first kappa shape index (κ1) is 17.9. The number of carbonyl (C=O) groups is 1. The van der Waals surface area contributed by atoms with Crippen LogP contribution in [-0.4, -0.2) is 25.7 Å². The number of nitrogens with zero attached hydrogens (tertiary/aromatic N) is 3. The van der Waals surface area contributed by atoms with Crippen LogP contribution in [0.3, 0.4) is 0 Å². The Kier molecular flexibility index (Phi) is 5.04. The zero-order valence-corrected chi connectivity index (χ0v) is 16.6. The molecular weight excluding hydrogens is 430 g/mol. The molecule has 27 heavy (non-hydrogen) atoms. The van der Waals surface area contributed by atoms with Gasteiger partial charge in [0.2, 0.25) is 5.88 Å². The van der Waals surface area contributed by atoms with Crippen molar-refractivity contribution in [1.82, 2.24) is 25.1 Å². The quantitative estimate of drug-likeness (QED) is 0.556. The molecule has 4 rings (SSSR count).